The number of carbonyl (C=O) groups excluding carboxylic acids is 1. The minimum Gasteiger partial charge on any atom is -0.478 e. The lowest BCUT2D eigenvalue weighted by molar-refractivity contribution is -0.118. The second-order valence-corrected chi connectivity index (χ2v) is 5.51. The molecule has 1 aromatic carbocycles. The fraction of sp³-hybridized carbons (Fsp3) is 0.182. The van der Waals surface area contributed by atoms with E-state index in [4.69, 9.17) is 10.4 Å². The van der Waals surface area contributed by atoms with Crippen LogP contribution in [0.1, 0.15) is 10.4 Å². The second kappa shape index (κ2) is 5.97. The maximum absolute atomic E-state index is 11.8. The van der Waals surface area contributed by atoms with Crippen LogP contribution in [0.25, 0.3) is 0 Å². The van der Waals surface area contributed by atoms with Crippen LogP contribution >= 0.6 is 0 Å². The van der Waals surface area contributed by atoms with Crippen LogP contribution in [-0.2, 0) is 14.6 Å². The van der Waals surface area contributed by atoms with Gasteiger partial charge in [-0.05, 0) is 24.3 Å². The summed E-state index contributed by atoms with van der Waals surface area (Å²) in [5.41, 5.74) is -0.0483. The number of carboxylic acid groups (broad SMARTS) is 1. The number of amides is 1. The Kier molecular flexibility index (Phi) is 4.61. The van der Waals surface area contributed by atoms with E-state index < -0.39 is 27.5 Å². The fourth-order valence-electron chi connectivity index (χ4n) is 1.25. The lowest BCUT2D eigenvalue weighted by Crippen LogP contribution is -2.30. The average molecular weight is 282 g/mol. The number of hydrogen-bond donors (Lipinski definition) is 2. The molecule has 0 radical (unpaired) electrons. The molecular weight excluding hydrogens is 272 g/mol. The van der Waals surface area contributed by atoms with Gasteiger partial charge in [0.05, 0.1) is 16.5 Å². The quantitative estimate of drug-likeness (QED) is 0.720. The number of carboxylic acids is 1. The van der Waals surface area contributed by atoms with Crippen LogP contribution in [0.2, 0.25) is 0 Å². The number of nitriles is 1. The van der Waals surface area contributed by atoms with Gasteiger partial charge in [-0.15, -0.1) is 0 Å². The topological polar surface area (TPSA) is 124 Å². The van der Waals surface area contributed by atoms with Crippen LogP contribution in [0.3, 0.4) is 0 Å². The summed E-state index contributed by atoms with van der Waals surface area (Å²) in [6.45, 7) is -0.272. The van der Waals surface area contributed by atoms with Gasteiger partial charge in [0.2, 0.25) is 5.91 Å². The molecule has 0 heterocycles. The summed E-state index contributed by atoms with van der Waals surface area (Å²) in [6, 6.07) is 6.18. The number of carbonyl (C=O) groups is 2. The molecule has 0 spiro atoms. The highest BCUT2D eigenvalue weighted by Crippen LogP contribution is 2.12. The van der Waals surface area contributed by atoms with E-state index in [-0.39, 0.29) is 17.0 Å². The highest BCUT2D eigenvalue weighted by Gasteiger charge is 2.19. The maximum atomic E-state index is 11.8. The Bertz CT molecular complexity index is 628. The van der Waals surface area contributed by atoms with Crippen molar-refractivity contribution in [2.45, 2.75) is 4.90 Å². The van der Waals surface area contributed by atoms with Gasteiger partial charge >= 0.3 is 5.97 Å². The monoisotopic (exact) mass is 282 g/mol. The molecule has 1 rings (SSSR count). The number of aromatic carboxylic acids is 1. The highest BCUT2D eigenvalue weighted by atomic mass is 32.2. The van der Waals surface area contributed by atoms with Gasteiger partial charge in [0.1, 0.15) is 12.3 Å². The van der Waals surface area contributed by atoms with Crippen LogP contribution in [-0.4, -0.2) is 37.7 Å². The van der Waals surface area contributed by atoms with Crippen molar-refractivity contribution >= 4 is 21.7 Å². The molecule has 0 aliphatic rings. The Morgan fingerprint density at radius 3 is 2.32 bits per heavy atom. The predicted octanol–water partition coefficient (Wildman–Crippen LogP) is -0.202. The van der Waals surface area contributed by atoms with Gasteiger partial charge in [0, 0.05) is 0 Å². The molecule has 0 aromatic heterocycles. The van der Waals surface area contributed by atoms with E-state index in [9.17, 15) is 18.0 Å². The first-order valence-electron chi connectivity index (χ1n) is 5.06. The van der Waals surface area contributed by atoms with E-state index in [1.807, 2.05) is 0 Å². The Hall–Kier alpha value is -2.40. The van der Waals surface area contributed by atoms with Crippen molar-refractivity contribution in [1.82, 2.24) is 5.32 Å². The molecular formula is C11H10N2O5S. The van der Waals surface area contributed by atoms with Crippen molar-refractivity contribution in [3.63, 3.8) is 0 Å². The summed E-state index contributed by atoms with van der Waals surface area (Å²) in [4.78, 5) is 21.7. The zero-order chi connectivity index (χ0) is 14.5. The third kappa shape index (κ3) is 4.08. The van der Waals surface area contributed by atoms with Crippen molar-refractivity contribution in [2.24, 2.45) is 0 Å². The Labute approximate surface area is 109 Å². The first-order chi connectivity index (χ1) is 8.86. The summed E-state index contributed by atoms with van der Waals surface area (Å²) >= 11 is 0. The third-order valence-electron chi connectivity index (χ3n) is 2.15. The molecule has 0 saturated heterocycles. The van der Waals surface area contributed by atoms with Crippen molar-refractivity contribution in [2.75, 3.05) is 12.3 Å². The van der Waals surface area contributed by atoms with Crippen LogP contribution < -0.4 is 5.32 Å². The zero-order valence-corrected chi connectivity index (χ0v) is 10.5. The van der Waals surface area contributed by atoms with E-state index in [1.165, 1.54) is 0 Å². The van der Waals surface area contributed by atoms with Gasteiger partial charge in [0.15, 0.2) is 9.84 Å². The van der Waals surface area contributed by atoms with Gasteiger partial charge in [0.25, 0.3) is 0 Å². The second-order valence-electron chi connectivity index (χ2n) is 3.52. The van der Waals surface area contributed by atoms with Gasteiger partial charge in [-0.1, -0.05) is 0 Å². The molecule has 0 saturated carbocycles. The largest absolute Gasteiger partial charge is 0.478 e. The van der Waals surface area contributed by atoms with Crippen LogP contribution in [0, 0.1) is 11.3 Å². The standard InChI is InChI=1S/C11H10N2O5S/c12-5-6-13-10(14)7-19(17,18)9-3-1-8(2-4-9)11(15)16/h1-4H,6-7H2,(H,13,14)(H,15,16). The normalized spacial score (nSPS) is 10.5. The number of benzene rings is 1. The molecule has 19 heavy (non-hydrogen) atoms. The van der Waals surface area contributed by atoms with E-state index in [2.05, 4.69) is 5.32 Å². The Morgan fingerprint density at radius 1 is 1.26 bits per heavy atom. The van der Waals surface area contributed by atoms with Gasteiger partial charge < -0.3 is 10.4 Å². The third-order valence-corrected chi connectivity index (χ3v) is 3.78. The first kappa shape index (κ1) is 14.7. The molecule has 8 heteroatoms. The average Bonchev–Trinajstić information content (AvgIpc) is 2.36. The molecule has 0 atom stereocenters. The van der Waals surface area contributed by atoms with Crippen molar-refractivity contribution < 1.29 is 23.1 Å². The molecule has 1 amide bonds. The molecule has 100 valence electrons. The summed E-state index contributed by atoms with van der Waals surface area (Å²) in [5.74, 6) is -2.75. The zero-order valence-electron chi connectivity index (χ0n) is 9.66. The Balaban J connectivity index is 2.86. The van der Waals surface area contributed by atoms with Gasteiger partial charge in [-0.25, -0.2) is 13.2 Å². The van der Waals surface area contributed by atoms with Gasteiger partial charge in [-0.3, -0.25) is 4.79 Å². The lowest BCUT2D eigenvalue weighted by Gasteiger charge is -2.04. The number of nitrogens with zero attached hydrogens (tertiary/aromatic N) is 1. The molecule has 0 bridgehead atoms. The lowest BCUT2D eigenvalue weighted by atomic mass is 10.2. The van der Waals surface area contributed by atoms with Crippen molar-refractivity contribution in [3.8, 4) is 6.07 Å². The number of rotatable bonds is 5. The minimum absolute atomic E-state index is 0.0483. The number of nitrogens with one attached hydrogen (secondary N) is 1. The molecule has 0 fully saturated rings. The van der Waals surface area contributed by atoms with Gasteiger partial charge in [-0.2, -0.15) is 5.26 Å². The molecule has 2 N–H and O–H groups in total. The summed E-state index contributed by atoms with van der Waals surface area (Å²) in [6.07, 6.45) is 0. The molecule has 0 aliphatic carbocycles. The SMILES string of the molecule is N#CCNC(=O)CS(=O)(=O)c1ccc(C(=O)O)cc1. The molecule has 0 aliphatic heterocycles. The summed E-state index contributed by atoms with van der Waals surface area (Å²) in [7, 11) is -3.85. The Morgan fingerprint density at radius 2 is 1.84 bits per heavy atom. The van der Waals surface area contributed by atoms with E-state index in [0.717, 1.165) is 24.3 Å². The van der Waals surface area contributed by atoms with Crippen molar-refractivity contribution in [1.29, 1.82) is 5.26 Å². The van der Waals surface area contributed by atoms with E-state index >= 15 is 0 Å². The first-order valence-corrected chi connectivity index (χ1v) is 6.72. The summed E-state index contributed by atoms with van der Waals surface area (Å²) in [5, 5.41) is 19.0. The van der Waals surface area contributed by atoms with E-state index in [1.54, 1.807) is 6.07 Å². The minimum atomic E-state index is -3.85. The van der Waals surface area contributed by atoms with Crippen molar-refractivity contribution in [3.05, 3.63) is 29.8 Å². The van der Waals surface area contributed by atoms with E-state index in [0.29, 0.717) is 0 Å². The van der Waals surface area contributed by atoms with Crippen LogP contribution in [0.5, 0.6) is 0 Å². The predicted molar refractivity (Wildman–Crippen MR) is 64.1 cm³/mol. The molecule has 7 nitrogen and oxygen atoms in total. The smallest absolute Gasteiger partial charge is 0.335 e. The van der Waals surface area contributed by atoms with Crippen LogP contribution in [0.15, 0.2) is 29.2 Å². The maximum Gasteiger partial charge on any atom is 0.335 e. The molecule has 1 aromatic rings. The fourth-order valence-corrected chi connectivity index (χ4v) is 2.41. The number of sulfone groups is 1. The summed E-state index contributed by atoms with van der Waals surface area (Å²) < 4.78 is 23.6. The highest BCUT2D eigenvalue weighted by molar-refractivity contribution is 7.92. The number of hydrogen-bond acceptors (Lipinski definition) is 5. The van der Waals surface area contributed by atoms with Crippen LogP contribution in [0.4, 0.5) is 0 Å². The molecule has 0 unspecified atom stereocenters.